The number of rotatable bonds is 6. The molecule has 0 unspecified atom stereocenters. The third kappa shape index (κ3) is 3.45. The Bertz CT molecular complexity index is 731. The molecule has 0 bridgehead atoms. The van der Waals surface area contributed by atoms with Gasteiger partial charge in [-0.25, -0.2) is 13.1 Å². The first-order valence-electron chi connectivity index (χ1n) is 7.56. The standard InChI is InChI=1S/C15H19BrN2O4S/c1-22-7-5-17-23(20,21)14-9-13-11(8-12(14)16)4-6-18(13)15(19)10-2-3-10/h8-10,17H,2-7H2,1H3. The highest BCUT2D eigenvalue weighted by Gasteiger charge is 2.37. The number of carbonyl (C=O) groups is 1. The summed E-state index contributed by atoms with van der Waals surface area (Å²) in [6.07, 6.45) is 2.62. The summed E-state index contributed by atoms with van der Waals surface area (Å²) in [5.41, 5.74) is 1.72. The molecule has 1 heterocycles. The molecule has 1 saturated carbocycles. The summed E-state index contributed by atoms with van der Waals surface area (Å²) in [7, 11) is -2.14. The summed E-state index contributed by atoms with van der Waals surface area (Å²) in [5, 5.41) is 0. The van der Waals surface area contributed by atoms with Crippen LogP contribution in [0, 0.1) is 5.92 Å². The van der Waals surface area contributed by atoms with Crippen molar-refractivity contribution in [2.45, 2.75) is 24.2 Å². The average molecular weight is 403 g/mol. The SMILES string of the molecule is COCCNS(=O)(=O)c1cc2c(cc1Br)CCN2C(=O)C1CC1. The van der Waals surface area contributed by atoms with E-state index >= 15 is 0 Å². The fraction of sp³-hybridized carbons (Fsp3) is 0.533. The summed E-state index contributed by atoms with van der Waals surface area (Å²) in [6, 6.07) is 3.40. The maximum absolute atomic E-state index is 12.5. The highest BCUT2D eigenvalue weighted by Crippen LogP contribution is 2.39. The number of hydrogen-bond donors (Lipinski definition) is 1. The third-order valence-corrected chi connectivity index (χ3v) is 6.53. The molecule has 0 aromatic heterocycles. The van der Waals surface area contributed by atoms with E-state index in [2.05, 4.69) is 20.7 Å². The molecule has 2 aliphatic rings. The van der Waals surface area contributed by atoms with Gasteiger partial charge in [-0.2, -0.15) is 0 Å². The lowest BCUT2D eigenvalue weighted by atomic mass is 10.2. The molecule has 1 aromatic carbocycles. The fourth-order valence-corrected chi connectivity index (χ4v) is 4.85. The lowest BCUT2D eigenvalue weighted by Crippen LogP contribution is -2.31. The van der Waals surface area contributed by atoms with Crippen LogP contribution in [0.25, 0.3) is 0 Å². The monoisotopic (exact) mass is 402 g/mol. The Morgan fingerprint density at radius 3 is 2.83 bits per heavy atom. The Hall–Kier alpha value is -0.960. The number of ether oxygens (including phenoxy) is 1. The Balaban J connectivity index is 1.91. The molecule has 1 fully saturated rings. The smallest absolute Gasteiger partial charge is 0.241 e. The molecule has 1 N–H and O–H groups in total. The lowest BCUT2D eigenvalue weighted by molar-refractivity contribution is -0.119. The number of nitrogens with zero attached hydrogens (tertiary/aromatic N) is 1. The molecule has 0 radical (unpaired) electrons. The van der Waals surface area contributed by atoms with Crippen molar-refractivity contribution in [3.63, 3.8) is 0 Å². The Morgan fingerprint density at radius 2 is 2.17 bits per heavy atom. The van der Waals surface area contributed by atoms with E-state index in [4.69, 9.17) is 4.74 Å². The quantitative estimate of drug-likeness (QED) is 0.734. The summed E-state index contributed by atoms with van der Waals surface area (Å²) >= 11 is 3.34. The second-order valence-electron chi connectivity index (χ2n) is 5.82. The van der Waals surface area contributed by atoms with Gasteiger partial charge in [-0.05, 0) is 52.9 Å². The van der Waals surface area contributed by atoms with Crippen molar-refractivity contribution in [2.24, 2.45) is 5.92 Å². The third-order valence-electron chi connectivity index (χ3n) is 4.11. The van der Waals surface area contributed by atoms with Gasteiger partial charge in [0.05, 0.1) is 11.5 Å². The van der Waals surface area contributed by atoms with Crippen molar-refractivity contribution in [2.75, 3.05) is 31.7 Å². The molecule has 1 aliphatic heterocycles. The largest absolute Gasteiger partial charge is 0.383 e. The predicted octanol–water partition coefficient (Wildman–Crippen LogP) is 1.67. The van der Waals surface area contributed by atoms with Crippen LogP contribution in [0.2, 0.25) is 0 Å². The van der Waals surface area contributed by atoms with Gasteiger partial charge in [0, 0.05) is 36.3 Å². The fourth-order valence-electron chi connectivity index (χ4n) is 2.73. The molecule has 1 aromatic rings. The van der Waals surface area contributed by atoms with Crippen LogP contribution in [0.3, 0.4) is 0 Å². The average Bonchev–Trinajstić information content (AvgIpc) is 3.26. The van der Waals surface area contributed by atoms with E-state index in [1.54, 1.807) is 17.0 Å². The molecule has 126 valence electrons. The van der Waals surface area contributed by atoms with Crippen molar-refractivity contribution >= 4 is 37.5 Å². The lowest BCUT2D eigenvalue weighted by Gasteiger charge is -2.18. The molecule has 1 amide bonds. The number of methoxy groups -OCH3 is 1. The minimum Gasteiger partial charge on any atom is -0.383 e. The van der Waals surface area contributed by atoms with Crippen LogP contribution >= 0.6 is 15.9 Å². The molecular formula is C15H19BrN2O4S. The molecule has 6 nitrogen and oxygen atoms in total. The topological polar surface area (TPSA) is 75.7 Å². The van der Waals surface area contributed by atoms with Gasteiger partial charge in [0.2, 0.25) is 15.9 Å². The Labute approximate surface area is 144 Å². The molecule has 23 heavy (non-hydrogen) atoms. The number of amides is 1. The maximum Gasteiger partial charge on any atom is 0.241 e. The van der Waals surface area contributed by atoms with Gasteiger partial charge in [-0.3, -0.25) is 4.79 Å². The molecule has 0 spiro atoms. The van der Waals surface area contributed by atoms with Crippen LogP contribution in [-0.2, 0) is 26.0 Å². The van der Waals surface area contributed by atoms with E-state index in [0.29, 0.717) is 17.6 Å². The van der Waals surface area contributed by atoms with E-state index in [-0.39, 0.29) is 23.3 Å². The first-order valence-corrected chi connectivity index (χ1v) is 9.84. The molecule has 0 saturated heterocycles. The number of anilines is 1. The van der Waals surface area contributed by atoms with Crippen LogP contribution in [0.4, 0.5) is 5.69 Å². The van der Waals surface area contributed by atoms with Crippen LogP contribution in [0.5, 0.6) is 0 Å². The molecular weight excluding hydrogens is 384 g/mol. The van der Waals surface area contributed by atoms with Gasteiger partial charge in [0.1, 0.15) is 0 Å². The van der Waals surface area contributed by atoms with Gasteiger partial charge in [-0.15, -0.1) is 0 Å². The second-order valence-corrected chi connectivity index (χ2v) is 8.41. The zero-order valence-corrected chi connectivity index (χ0v) is 15.2. The van der Waals surface area contributed by atoms with Gasteiger partial charge >= 0.3 is 0 Å². The Kier molecular flexibility index (Phi) is 4.78. The van der Waals surface area contributed by atoms with Crippen molar-refractivity contribution < 1.29 is 17.9 Å². The number of hydrogen-bond acceptors (Lipinski definition) is 4. The zero-order chi connectivity index (χ0) is 16.6. The van der Waals surface area contributed by atoms with Gasteiger partial charge in [0.25, 0.3) is 0 Å². The summed E-state index contributed by atoms with van der Waals surface area (Å²) in [4.78, 5) is 14.2. The highest BCUT2D eigenvalue weighted by molar-refractivity contribution is 9.10. The van der Waals surface area contributed by atoms with Gasteiger partial charge < -0.3 is 9.64 Å². The van der Waals surface area contributed by atoms with Crippen molar-refractivity contribution in [3.05, 3.63) is 22.2 Å². The van der Waals surface area contributed by atoms with E-state index in [1.165, 1.54) is 7.11 Å². The van der Waals surface area contributed by atoms with Gasteiger partial charge in [0.15, 0.2) is 0 Å². The summed E-state index contributed by atoms with van der Waals surface area (Å²) in [6.45, 7) is 1.12. The number of sulfonamides is 1. The van der Waals surface area contributed by atoms with Crippen molar-refractivity contribution in [1.82, 2.24) is 4.72 Å². The number of carbonyl (C=O) groups excluding carboxylic acids is 1. The van der Waals surface area contributed by atoms with Crippen molar-refractivity contribution in [1.29, 1.82) is 0 Å². The normalized spacial score (nSPS) is 17.4. The molecule has 3 rings (SSSR count). The van der Waals surface area contributed by atoms with E-state index in [9.17, 15) is 13.2 Å². The van der Waals surface area contributed by atoms with Crippen LogP contribution in [-0.4, -0.2) is 41.1 Å². The number of benzene rings is 1. The summed E-state index contributed by atoms with van der Waals surface area (Å²) in [5.74, 6) is 0.228. The Morgan fingerprint density at radius 1 is 1.43 bits per heavy atom. The number of fused-ring (bicyclic) bond motifs is 1. The highest BCUT2D eigenvalue weighted by atomic mass is 79.9. The summed E-state index contributed by atoms with van der Waals surface area (Å²) < 4.78 is 32.8. The molecule has 1 aliphatic carbocycles. The second kappa shape index (κ2) is 6.51. The van der Waals surface area contributed by atoms with Crippen LogP contribution < -0.4 is 9.62 Å². The number of halogens is 1. The van der Waals surface area contributed by atoms with E-state index in [0.717, 1.165) is 30.5 Å². The van der Waals surface area contributed by atoms with Crippen LogP contribution in [0.1, 0.15) is 18.4 Å². The van der Waals surface area contributed by atoms with Gasteiger partial charge in [-0.1, -0.05) is 0 Å². The van der Waals surface area contributed by atoms with E-state index in [1.807, 2.05) is 0 Å². The molecule has 8 heteroatoms. The maximum atomic E-state index is 12.5. The van der Waals surface area contributed by atoms with E-state index < -0.39 is 10.0 Å². The first kappa shape index (κ1) is 16.9. The first-order chi connectivity index (χ1) is 10.9. The van der Waals surface area contributed by atoms with Crippen LogP contribution in [0.15, 0.2) is 21.5 Å². The minimum atomic E-state index is -3.65. The molecule has 0 atom stereocenters. The predicted molar refractivity (Wildman–Crippen MR) is 90.0 cm³/mol. The zero-order valence-electron chi connectivity index (χ0n) is 12.8. The van der Waals surface area contributed by atoms with Crippen molar-refractivity contribution in [3.8, 4) is 0 Å². The minimum absolute atomic E-state index is 0.113. The number of nitrogens with one attached hydrogen (secondary N) is 1.